The van der Waals surface area contributed by atoms with Crippen LogP contribution >= 0.6 is 0 Å². The van der Waals surface area contributed by atoms with Crippen LogP contribution in [0.3, 0.4) is 0 Å². The second kappa shape index (κ2) is 7.73. The molecule has 8 nitrogen and oxygen atoms in total. The first-order chi connectivity index (χ1) is 14.2. The molecule has 0 atom stereocenters. The average Bonchev–Trinajstić information content (AvgIpc) is 3.29. The van der Waals surface area contributed by atoms with Gasteiger partial charge in [-0.2, -0.15) is 4.31 Å². The van der Waals surface area contributed by atoms with E-state index in [9.17, 15) is 18.0 Å². The van der Waals surface area contributed by atoms with Gasteiger partial charge in [0.1, 0.15) is 6.54 Å². The number of rotatable bonds is 5. The first kappa shape index (κ1) is 20.4. The van der Waals surface area contributed by atoms with Crippen LogP contribution in [-0.4, -0.2) is 36.3 Å². The maximum atomic E-state index is 12.7. The predicted molar refractivity (Wildman–Crippen MR) is 113 cm³/mol. The third-order valence-corrected chi connectivity index (χ3v) is 7.04. The Morgan fingerprint density at radius 3 is 2.40 bits per heavy atom. The van der Waals surface area contributed by atoms with Gasteiger partial charge in [0.2, 0.25) is 15.9 Å². The molecule has 0 spiro atoms. The molecule has 158 valence electrons. The molecule has 3 aromatic rings. The number of carbonyl (C=O) groups excluding carboxylic acids is 1. The highest BCUT2D eigenvalue weighted by molar-refractivity contribution is 7.89. The van der Waals surface area contributed by atoms with Crippen molar-refractivity contribution in [3.63, 3.8) is 0 Å². The number of hydrogen-bond donors (Lipinski definition) is 1. The van der Waals surface area contributed by atoms with Crippen molar-refractivity contribution in [1.82, 2.24) is 8.87 Å². The normalized spacial score (nSPS) is 15.0. The minimum Gasteiger partial charge on any atom is -0.408 e. The molecule has 2 heterocycles. The molecule has 2 aromatic carbocycles. The molecule has 1 N–H and O–H groups in total. The molecule has 1 aromatic heterocycles. The van der Waals surface area contributed by atoms with Crippen molar-refractivity contribution in [2.75, 3.05) is 18.4 Å². The van der Waals surface area contributed by atoms with Crippen LogP contribution in [0.25, 0.3) is 11.1 Å². The van der Waals surface area contributed by atoms with Gasteiger partial charge in [0.25, 0.3) is 0 Å². The molecule has 0 bridgehead atoms. The number of nitrogens with one attached hydrogen (secondary N) is 1. The lowest BCUT2D eigenvalue weighted by Gasteiger charge is -2.15. The smallest absolute Gasteiger partial charge is 0.408 e. The topological polar surface area (TPSA) is 102 Å². The molecule has 1 saturated heterocycles. The second-order valence-electron chi connectivity index (χ2n) is 7.62. The van der Waals surface area contributed by atoms with Gasteiger partial charge in [-0.1, -0.05) is 6.07 Å². The molecule has 0 radical (unpaired) electrons. The average molecular weight is 429 g/mol. The van der Waals surface area contributed by atoms with Crippen molar-refractivity contribution in [3.8, 4) is 0 Å². The Labute approximate surface area is 174 Å². The summed E-state index contributed by atoms with van der Waals surface area (Å²) < 4.78 is 33.3. The minimum atomic E-state index is -3.62. The Morgan fingerprint density at radius 1 is 1.07 bits per heavy atom. The van der Waals surface area contributed by atoms with Gasteiger partial charge in [-0.3, -0.25) is 9.36 Å². The number of benzene rings is 2. The first-order valence-corrected chi connectivity index (χ1v) is 11.2. The number of amides is 1. The van der Waals surface area contributed by atoms with E-state index in [0.717, 1.165) is 24.0 Å². The van der Waals surface area contributed by atoms with Crippen LogP contribution in [0.1, 0.15) is 24.0 Å². The zero-order valence-corrected chi connectivity index (χ0v) is 17.7. The Hall–Kier alpha value is -2.91. The molecule has 30 heavy (non-hydrogen) atoms. The molecule has 0 aliphatic carbocycles. The van der Waals surface area contributed by atoms with Gasteiger partial charge in [-0.25, -0.2) is 13.2 Å². The minimum absolute atomic E-state index is 0.0810. The lowest BCUT2D eigenvalue weighted by atomic mass is 10.1. The summed E-state index contributed by atoms with van der Waals surface area (Å²) in [5, 5.41) is 2.78. The highest BCUT2D eigenvalue weighted by atomic mass is 32.2. The number of aryl methyl sites for hydroxylation is 2. The maximum absolute atomic E-state index is 12.7. The summed E-state index contributed by atoms with van der Waals surface area (Å²) >= 11 is 0. The monoisotopic (exact) mass is 429 g/mol. The molecule has 0 unspecified atom stereocenters. The fourth-order valence-electron chi connectivity index (χ4n) is 3.83. The van der Waals surface area contributed by atoms with Gasteiger partial charge in [-0.05, 0) is 62.1 Å². The summed E-state index contributed by atoms with van der Waals surface area (Å²) in [6.45, 7) is 4.61. The van der Waals surface area contributed by atoms with Gasteiger partial charge in [0.05, 0.1) is 10.4 Å². The number of anilines is 1. The Bertz CT molecular complexity index is 1260. The molecule has 1 amide bonds. The number of aromatic nitrogens is 1. The number of hydrogen-bond acceptors (Lipinski definition) is 5. The number of oxazole rings is 1. The molecule has 1 aliphatic heterocycles. The van der Waals surface area contributed by atoms with Crippen LogP contribution in [0, 0.1) is 13.8 Å². The predicted octanol–water partition coefficient (Wildman–Crippen LogP) is 2.63. The summed E-state index contributed by atoms with van der Waals surface area (Å²) in [4.78, 5) is 24.9. The van der Waals surface area contributed by atoms with Crippen LogP contribution in [0.5, 0.6) is 0 Å². The Kier molecular flexibility index (Phi) is 5.25. The number of carbonyl (C=O) groups is 1. The Balaban J connectivity index is 1.60. The van der Waals surface area contributed by atoms with E-state index in [1.807, 2.05) is 32.0 Å². The quantitative estimate of drug-likeness (QED) is 0.672. The second-order valence-corrected chi connectivity index (χ2v) is 9.56. The van der Waals surface area contributed by atoms with Crippen LogP contribution in [0.15, 0.2) is 50.5 Å². The third kappa shape index (κ3) is 3.90. The number of sulfonamides is 1. The molecule has 4 rings (SSSR count). The summed E-state index contributed by atoms with van der Waals surface area (Å²) in [5.41, 5.74) is 3.19. The lowest BCUT2D eigenvalue weighted by molar-refractivity contribution is -0.116. The van der Waals surface area contributed by atoms with E-state index in [2.05, 4.69) is 5.32 Å². The van der Waals surface area contributed by atoms with Gasteiger partial charge >= 0.3 is 5.76 Å². The van der Waals surface area contributed by atoms with Gasteiger partial charge in [0, 0.05) is 24.8 Å². The zero-order valence-electron chi connectivity index (χ0n) is 16.8. The summed E-state index contributed by atoms with van der Waals surface area (Å²) in [6.07, 6.45) is 1.67. The van der Waals surface area contributed by atoms with Crippen molar-refractivity contribution in [2.45, 2.75) is 38.1 Å². The van der Waals surface area contributed by atoms with Crippen LogP contribution in [0.4, 0.5) is 5.69 Å². The maximum Gasteiger partial charge on any atom is 0.420 e. The fourth-order valence-corrected chi connectivity index (χ4v) is 5.36. The highest BCUT2D eigenvalue weighted by Crippen LogP contribution is 2.24. The van der Waals surface area contributed by atoms with Crippen molar-refractivity contribution >= 4 is 32.7 Å². The summed E-state index contributed by atoms with van der Waals surface area (Å²) in [5.74, 6) is -1.09. The van der Waals surface area contributed by atoms with E-state index in [-0.39, 0.29) is 22.9 Å². The molecule has 9 heteroatoms. The fraction of sp³-hybridized carbons (Fsp3) is 0.333. The Morgan fingerprint density at radius 2 is 1.73 bits per heavy atom. The number of fused-ring (bicyclic) bond motifs is 1. The zero-order chi connectivity index (χ0) is 21.5. The summed E-state index contributed by atoms with van der Waals surface area (Å²) in [6, 6.07) is 9.99. The standard InChI is InChI=1S/C21H23N3O5S/c1-14-9-15(2)11-16(10-14)22-20(25)13-24-18-6-5-17(12-19(18)29-21(24)26)30(27,28)23-7-3-4-8-23/h5-6,9-12H,3-4,7-8,13H2,1-2H3,(H,22,25). The SMILES string of the molecule is Cc1cc(C)cc(NC(=O)Cn2c(=O)oc3cc(S(=O)(=O)N4CCCC4)ccc32)c1. The van der Waals surface area contributed by atoms with Crippen molar-refractivity contribution in [3.05, 3.63) is 58.1 Å². The van der Waals surface area contributed by atoms with Crippen molar-refractivity contribution in [2.24, 2.45) is 0 Å². The molecular weight excluding hydrogens is 406 g/mol. The lowest BCUT2D eigenvalue weighted by Crippen LogP contribution is -2.27. The van der Waals surface area contributed by atoms with E-state index in [1.54, 1.807) is 0 Å². The van der Waals surface area contributed by atoms with E-state index < -0.39 is 15.8 Å². The van der Waals surface area contributed by atoms with Crippen LogP contribution in [0.2, 0.25) is 0 Å². The molecular formula is C21H23N3O5S. The van der Waals surface area contributed by atoms with Gasteiger partial charge in [0.15, 0.2) is 5.58 Å². The molecule has 0 saturated carbocycles. The van der Waals surface area contributed by atoms with Crippen molar-refractivity contribution < 1.29 is 17.6 Å². The molecule has 1 aliphatic rings. The van der Waals surface area contributed by atoms with Crippen LogP contribution in [-0.2, 0) is 21.4 Å². The highest BCUT2D eigenvalue weighted by Gasteiger charge is 2.28. The van der Waals surface area contributed by atoms with Crippen molar-refractivity contribution in [1.29, 1.82) is 0 Å². The molecule has 1 fully saturated rings. The van der Waals surface area contributed by atoms with E-state index in [4.69, 9.17) is 4.42 Å². The van der Waals surface area contributed by atoms with Gasteiger partial charge < -0.3 is 9.73 Å². The first-order valence-electron chi connectivity index (χ1n) is 9.76. The number of nitrogens with zero attached hydrogens (tertiary/aromatic N) is 2. The van der Waals surface area contributed by atoms with Crippen LogP contribution < -0.4 is 11.1 Å². The van der Waals surface area contributed by atoms with E-state index in [0.29, 0.717) is 24.3 Å². The van der Waals surface area contributed by atoms with E-state index in [1.165, 1.54) is 27.1 Å². The largest absolute Gasteiger partial charge is 0.420 e. The summed E-state index contributed by atoms with van der Waals surface area (Å²) in [7, 11) is -3.62. The van der Waals surface area contributed by atoms with E-state index >= 15 is 0 Å². The third-order valence-electron chi connectivity index (χ3n) is 5.15. The van der Waals surface area contributed by atoms with Gasteiger partial charge in [-0.15, -0.1) is 0 Å².